The maximum absolute atomic E-state index is 12.1. The van der Waals surface area contributed by atoms with Crippen LogP contribution in [0.3, 0.4) is 0 Å². The molecule has 0 radical (unpaired) electrons. The van der Waals surface area contributed by atoms with Gasteiger partial charge in [0.1, 0.15) is 6.04 Å². The van der Waals surface area contributed by atoms with Crippen LogP contribution in [0.15, 0.2) is 18.2 Å². The summed E-state index contributed by atoms with van der Waals surface area (Å²) < 4.78 is 4.72. The Morgan fingerprint density at radius 3 is 2.52 bits per heavy atom. The minimum atomic E-state index is -0.619. The van der Waals surface area contributed by atoms with Gasteiger partial charge in [0, 0.05) is 5.02 Å². The van der Waals surface area contributed by atoms with Gasteiger partial charge >= 0.3 is 5.97 Å². The van der Waals surface area contributed by atoms with Gasteiger partial charge in [0.15, 0.2) is 0 Å². The van der Waals surface area contributed by atoms with Crippen molar-refractivity contribution in [1.29, 1.82) is 0 Å². The molecular formula is C16H22ClNO3. The Bertz CT molecular complexity index is 514. The third-order valence-corrected chi connectivity index (χ3v) is 3.44. The van der Waals surface area contributed by atoms with Gasteiger partial charge in [-0.3, -0.25) is 4.79 Å². The van der Waals surface area contributed by atoms with Crippen LogP contribution in [0.4, 0.5) is 0 Å². The first-order valence-electron chi connectivity index (χ1n) is 6.95. The molecule has 0 saturated carbocycles. The molecule has 0 aliphatic rings. The number of carbonyl (C=O) groups excluding carboxylic acids is 2. The molecule has 1 N–H and O–H groups in total. The molecule has 21 heavy (non-hydrogen) atoms. The Morgan fingerprint density at radius 1 is 1.33 bits per heavy atom. The lowest BCUT2D eigenvalue weighted by Gasteiger charge is -2.18. The van der Waals surface area contributed by atoms with Gasteiger partial charge in [-0.1, -0.05) is 37.6 Å². The van der Waals surface area contributed by atoms with Gasteiger partial charge in [-0.05, 0) is 36.5 Å². The SMILES string of the molecule is COC(=O)[C@H](CC(C)C)NC(=O)Cc1ccc(C)cc1Cl. The summed E-state index contributed by atoms with van der Waals surface area (Å²) in [5.74, 6) is -0.388. The van der Waals surface area contributed by atoms with Gasteiger partial charge < -0.3 is 10.1 Å². The van der Waals surface area contributed by atoms with Crippen molar-refractivity contribution in [2.24, 2.45) is 5.92 Å². The van der Waals surface area contributed by atoms with E-state index in [-0.39, 0.29) is 18.2 Å². The third kappa shape index (κ3) is 5.76. The molecule has 0 unspecified atom stereocenters. The zero-order chi connectivity index (χ0) is 16.0. The molecule has 1 atom stereocenters. The molecule has 0 aromatic heterocycles. The van der Waals surface area contributed by atoms with Gasteiger partial charge in [-0.25, -0.2) is 4.79 Å². The Labute approximate surface area is 130 Å². The second-order valence-corrected chi connectivity index (χ2v) is 5.95. The molecule has 0 spiro atoms. The first-order chi connectivity index (χ1) is 9.83. The van der Waals surface area contributed by atoms with Crippen molar-refractivity contribution in [2.75, 3.05) is 7.11 Å². The van der Waals surface area contributed by atoms with Crippen molar-refractivity contribution < 1.29 is 14.3 Å². The standard InChI is InChI=1S/C16H22ClNO3/c1-10(2)7-14(16(20)21-4)18-15(19)9-12-6-5-11(3)8-13(12)17/h5-6,8,10,14H,7,9H2,1-4H3,(H,18,19)/t14-/m0/s1. The van der Waals surface area contributed by atoms with Crippen molar-refractivity contribution in [3.05, 3.63) is 34.3 Å². The molecule has 0 fully saturated rings. The highest BCUT2D eigenvalue weighted by atomic mass is 35.5. The zero-order valence-corrected chi connectivity index (χ0v) is 13.7. The molecule has 0 aliphatic heterocycles. The van der Waals surface area contributed by atoms with Gasteiger partial charge in [-0.15, -0.1) is 0 Å². The zero-order valence-electron chi connectivity index (χ0n) is 12.9. The van der Waals surface area contributed by atoms with Gasteiger partial charge in [0.2, 0.25) is 5.91 Å². The largest absolute Gasteiger partial charge is 0.467 e. The fourth-order valence-electron chi connectivity index (χ4n) is 2.04. The van der Waals surface area contributed by atoms with Crippen LogP contribution in [-0.4, -0.2) is 25.0 Å². The van der Waals surface area contributed by atoms with Crippen molar-refractivity contribution in [2.45, 2.75) is 39.7 Å². The quantitative estimate of drug-likeness (QED) is 0.822. The fourth-order valence-corrected chi connectivity index (χ4v) is 2.34. The number of rotatable bonds is 6. The first-order valence-corrected chi connectivity index (χ1v) is 7.33. The Balaban J connectivity index is 2.71. The summed E-state index contributed by atoms with van der Waals surface area (Å²) in [5, 5.41) is 3.28. The molecule has 1 rings (SSSR count). The first kappa shape index (κ1) is 17.5. The molecule has 5 heteroatoms. The maximum atomic E-state index is 12.1. The van der Waals surface area contributed by atoms with Crippen LogP contribution in [0.25, 0.3) is 0 Å². The molecule has 1 aromatic carbocycles. The second-order valence-electron chi connectivity index (χ2n) is 5.54. The number of carbonyl (C=O) groups is 2. The van der Waals surface area contributed by atoms with Crippen LogP contribution in [0.2, 0.25) is 5.02 Å². The summed E-state index contributed by atoms with van der Waals surface area (Å²) in [7, 11) is 1.32. The van der Waals surface area contributed by atoms with E-state index in [4.69, 9.17) is 16.3 Å². The summed E-state index contributed by atoms with van der Waals surface area (Å²) in [4.78, 5) is 23.8. The number of hydrogen-bond donors (Lipinski definition) is 1. The highest BCUT2D eigenvalue weighted by Gasteiger charge is 2.22. The normalized spacial score (nSPS) is 12.1. The number of esters is 1. The minimum absolute atomic E-state index is 0.144. The Kier molecular flexibility index (Phi) is 6.69. The molecule has 1 aromatic rings. The average molecular weight is 312 g/mol. The molecular weight excluding hydrogens is 290 g/mol. The molecule has 0 saturated heterocycles. The van der Waals surface area contributed by atoms with Crippen molar-refractivity contribution >= 4 is 23.5 Å². The van der Waals surface area contributed by atoms with E-state index in [2.05, 4.69) is 5.32 Å². The van der Waals surface area contributed by atoms with Crippen LogP contribution < -0.4 is 5.32 Å². The summed E-state index contributed by atoms with van der Waals surface area (Å²) in [6, 6.07) is 4.93. The average Bonchev–Trinajstić information content (AvgIpc) is 2.39. The predicted octanol–water partition coefficient (Wildman–Crippen LogP) is 2.89. The lowest BCUT2D eigenvalue weighted by Crippen LogP contribution is -2.43. The lowest BCUT2D eigenvalue weighted by atomic mass is 10.0. The Hall–Kier alpha value is -1.55. The van der Waals surface area contributed by atoms with Gasteiger partial charge in [0.25, 0.3) is 0 Å². The number of methoxy groups -OCH3 is 1. The summed E-state index contributed by atoms with van der Waals surface area (Å²) in [6.45, 7) is 5.91. The van der Waals surface area contributed by atoms with Crippen LogP contribution in [-0.2, 0) is 20.7 Å². The van der Waals surface area contributed by atoms with E-state index >= 15 is 0 Å². The number of benzene rings is 1. The molecule has 1 amide bonds. The lowest BCUT2D eigenvalue weighted by molar-refractivity contribution is -0.145. The molecule has 0 aliphatic carbocycles. The monoisotopic (exact) mass is 311 g/mol. The Morgan fingerprint density at radius 2 is 2.00 bits per heavy atom. The highest BCUT2D eigenvalue weighted by Crippen LogP contribution is 2.18. The molecule has 0 heterocycles. The van der Waals surface area contributed by atoms with E-state index < -0.39 is 12.0 Å². The summed E-state index contributed by atoms with van der Waals surface area (Å²) in [5.41, 5.74) is 1.78. The van der Waals surface area contributed by atoms with E-state index in [1.807, 2.05) is 39.0 Å². The number of halogens is 1. The van der Waals surface area contributed by atoms with Gasteiger partial charge in [0.05, 0.1) is 13.5 Å². The van der Waals surface area contributed by atoms with E-state index in [1.165, 1.54) is 7.11 Å². The highest BCUT2D eigenvalue weighted by molar-refractivity contribution is 6.31. The number of aryl methyl sites for hydroxylation is 1. The van der Waals surface area contributed by atoms with E-state index in [0.717, 1.165) is 11.1 Å². The van der Waals surface area contributed by atoms with E-state index in [9.17, 15) is 9.59 Å². The van der Waals surface area contributed by atoms with E-state index in [0.29, 0.717) is 11.4 Å². The number of amides is 1. The number of hydrogen-bond acceptors (Lipinski definition) is 3. The molecule has 0 bridgehead atoms. The number of ether oxygens (including phenoxy) is 1. The minimum Gasteiger partial charge on any atom is -0.467 e. The van der Waals surface area contributed by atoms with Crippen molar-refractivity contribution in [3.8, 4) is 0 Å². The summed E-state index contributed by atoms with van der Waals surface area (Å²) >= 11 is 6.11. The van der Waals surface area contributed by atoms with Crippen LogP contribution in [0, 0.1) is 12.8 Å². The third-order valence-electron chi connectivity index (χ3n) is 3.09. The van der Waals surface area contributed by atoms with Crippen LogP contribution in [0.5, 0.6) is 0 Å². The van der Waals surface area contributed by atoms with Gasteiger partial charge in [-0.2, -0.15) is 0 Å². The van der Waals surface area contributed by atoms with Crippen molar-refractivity contribution in [3.63, 3.8) is 0 Å². The smallest absolute Gasteiger partial charge is 0.328 e. The topological polar surface area (TPSA) is 55.4 Å². The fraction of sp³-hybridized carbons (Fsp3) is 0.500. The maximum Gasteiger partial charge on any atom is 0.328 e. The summed E-state index contributed by atoms with van der Waals surface area (Å²) in [6.07, 6.45) is 0.685. The van der Waals surface area contributed by atoms with Crippen LogP contribution >= 0.6 is 11.6 Å². The van der Waals surface area contributed by atoms with Crippen LogP contribution in [0.1, 0.15) is 31.4 Å². The van der Waals surface area contributed by atoms with Crippen molar-refractivity contribution in [1.82, 2.24) is 5.32 Å². The predicted molar refractivity (Wildman–Crippen MR) is 83.3 cm³/mol. The second kappa shape index (κ2) is 8.03. The molecule has 4 nitrogen and oxygen atoms in total. The number of nitrogens with one attached hydrogen (secondary N) is 1. The van der Waals surface area contributed by atoms with E-state index in [1.54, 1.807) is 0 Å². The molecule has 116 valence electrons.